The molecule has 0 rings (SSSR count). The summed E-state index contributed by atoms with van der Waals surface area (Å²) in [6, 6.07) is 0. The van der Waals surface area contributed by atoms with Crippen molar-refractivity contribution in [2.45, 2.75) is 26.7 Å². The molecule has 0 unspecified atom stereocenters. The lowest BCUT2D eigenvalue weighted by Crippen LogP contribution is -2.03. The SMILES string of the molecule is CCCOP([O-])OCCC. The Morgan fingerprint density at radius 2 is 1.50 bits per heavy atom. The zero-order valence-corrected chi connectivity index (χ0v) is 7.39. The molecule has 0 aliphatic heterocycles. The third-order valence-corrected chi connectivity index (χ3v) is 1.59. The maximum absolute atomic E-state index is 10.7. The molecule has 0 spiro atoms. The van der Waals surface area contributed by atoms with E-state index in [9.17, 15) is 4.89 Å². The fraction of sp³-hybridized carbons (Fsp3) is 1.00. The normalized spacial score (nSPS) is 10.8. The van der Waals surface area contributed by atoms with Crippen LogP contribution < -0.4 is 4.89 Å². The van der Waals surface area contributed by atoms with Gasteiger partial charge < -0.3 is 13.9 Å². The highest BCUT2D eigenvalue weighted by Crippen LogP contribution is 2.27. The highest BCUT2D eigenvalue weighted by atomic mass is 31.2. The van der Waals surface area contributed by atoms with Crippen molar-refractivity contribution in [2.75, 3.05) is 13.2 Å². The van der Waals surface area contributed by atoms with Crippen molar-refractivity contribution < 1.29 is 13.9 Å². The van der Waals surface area contributed by atoms with E-state index in [1.54, 1.807) is 0 Å². The molecular formula is C6H14O3P-. The lowest BCUT2D eigenvalue weighted by molar-refractivity contribution is -0.204. The van der Waals surface area contributed by atoms with E-state index >= 15 is 0 Å². The average Bonchev–Trinajstić information content (AvgIpc) is 1.97. The largest absolute Gasteiger partial charge is 0.786 e. The summed E-state index contributed by atoms with van der Waals surface area (Å²) in [5, 5.41) is 0. The van der Waals surface area contributed by atoms with Gasteiger partial charge in [0.1, 0.15) is 0 Å². The molecule has 0 bridgehead atoms. The van der Waals surface area contributed by atoms with E-state index in [0.717, 1.165) is 12.8 Å². The summed E-state index contributed by atoms with van der Waals surface area (Å²) in [6.07, 6.45) is 1.74. The number of rotatable bonds is 6. The van der Waals surface area contributed by atoms with Crippen LogP contribution in [0.5, 0.6) is 0 Å². The topological polar surface area (TPSA) is 41.5 Å². The first kappa shape index (κ1) is 10.3. The standard InChI is InChI=1S/C6H14O3P/c1-3-5-8-10(7)9-6-4-2/h3-6H2,1-2H3/q-1. The molecule has 0 atom stereocenters. The summed E-state index contributed by atoms with van der Waals surface area (Å²) in [5.74, 6) is 0. The number of hydrogen-bond donors (Lipinski definition) is 0. The molecule has 0 aromatic carbocycles. The van der Waals surface area contributed by atoms with E-state index in [2.05, 4.69) is 0 Å². The molecule has 0 heterocycles. The summed E-state index contributed by atoms with van der Waals surface area (Å²) in [5.41, 5.74) is 0. The monoisotopic (exact) mass is 165 g/mol. The van der Waals surface area contributed by atoms with Crippen molar-refractivity contribution >= 4 is 8.60 Å². The van der Waals surface area contributed by atoms with Crippen molar-refractivity contribution in [3.63, 3.8) is 0 Å². The maximum atomic E-state index is 10.7. The Balaban J connectivity index is 3.00. The first-order valence-corrected chi connectivity index (χ1v) is 4.63. The molecule has 4 heteroatoms. The van der Waals surface area contributed by atoms with Crippen LogP contribution in [-0.4, -0.2) is 13.2 Å². The van der Waals surface area contributed by atoms with Gasteiger partial charge in [-0.05, 0) is 12.8 Å². The smallest absolute Gasteiger partial charge is 0.0828 e. The van der Waals surface area contributed by atoms with E-state index in [1.807, 2.05) is 13.8 Å². The van der Waals surface area contributed by atoms with E-state index in [0.29, 0.717) is 13.2 Å². The van der Waals surface area contributed by atoms with Crippen LogP contribution in [0.3, 0.4) is 0 Å². The van der Waals surface area contributed by atoms with Gasteiger partial charge in [-0.1, -0.05) is 13.8 Å². The first-order valence-electron chi connectivity index (χ1n) is 3.54. The van der Waals surface area contributed by atoms with E-state index in [1.165, 1.54) is 0 Å². The lowest BCUT2D eigenvalue weighted by Gasteiger charge is -2.21. The van der Waals surface area contributed by atoms with Gasteiger partial charge in [-0.3, -0.25) is 0 Å². The first-order chi connectivity index (χ1) is 4.81. The van der Waals surface area contributed by atoms with Gasteiger partial charge in [-0.15, -0.1) is 0 Å². The fourth-order valence-electron chi connectivity index (χ4n) is 0.369. The molecule has 0 aromatic heterocycles. The summed E-state index contributed by atoms with van der Waals surface area (Å²) < 4.78 is 9.56. The van der Waals surface area contributed by atoms with E-state index in [4.69, 9.17) is 9.05 Å². The van der Waals surface area contributed by atoms with Gasteiger partial charge in [-0.25, -0.2) is 0 Å². The second kappa shape index (κ2) is 7.42. The molecule has 0 aliphatic rings. The molecule has 0 saturated heterocycles. The predicted molar refractivity (Wildman–Crippen MR) is 39.4 cm³/mol. The third-order valence-electron chi connectivity index (χ3n) is 0.802. The Morgan fingerprint density at radius 1 is 1.10 bits per heavy atom. The highest BCUT2D eigenvalue weighted by molar-refractivity contribution is 7.39. The van der Waals surface area contributed by atoms with Crippen LogP contribution in [0.2, 0.25) is 0 Å². The van der Waals surface area contributed by atoms with Crippen LogP contribution in [0.25, 0.3) is 0 Å². The quantitative estimate of drug-likeness (QED) is 0.559. The van der Waals surface area contributed by atoms with Crippen LogP contribution in [0.1, 0.15) is 26.7 Å². The van der Waals surface area contributed by atoms with Gasteiger partial charge in [0.05, 0.1) is 21.8 Å². The Kier molecular flexibility index (Phi) is 7.65. The second-order valence-electron chi connectivity index (χ2n) is 1.89. The van der Waals surface area contributed by atoms with Crippen LogP contribution >= 0.6 is 8.60 Å². The van der Waals surface area contributed by atoms with Gasteiger partial charge in [0.2, 0.25) is 0 Å². The Bertz CT molecular complexity index is 62.0. The van der Waals surface area contributed by atoms with Gasteiger partial charge >= 0.3 is 0 Å². The molecule has 0 N–H and O–H groups in total. The van der Waals surface area contributed by atoms with Gasteiger partial charge in [0.15, 0.2) is 0 Å². The molecule has 0 radical (unpaired) electrons. The Labute approximate surface area is 63.3 Å². The minimum atomic E-state index is -1.84. The zero-order chi connectivity index (χ0) is 7.82. The molecule has 0 saturated carbocycles. The Hall–Kier alpha value is 0.310. The van der Waals surface area contributed by atoms with Crippen molar-refractivity contribution in [2.24, 2.45) is 0 Å². The molecule has 62 valence electrons. The van der Waals surface area contributed by atoms with E-state index < -0.39 is 8.60 Å². The molecule has 10 heavy (non-hydrogen) atoms. The van der Waals surface area contributed by atoms with Gasteiger partial charge in [0, 0.05) is 0 Å². The van der Waals surface area contributed by atoms with Gasteiger partial charge in [-0.2, -0.15) is 0 Å². The lowest BCUT2D eigenvalue weighted by atomic mass is 10.5. The molecule has 3 nitrogen and oxygen atoms in total. The minimum absolute atomic E-state index is 0.513. The Morgan fingerprint density at radius 3 is 1.80 bits per heavy atom. The molecular weight excluding hydrogens is 151 g/mol. The van der Waals surface area contributed by atoms with Crippen LogP contribution in [0, 0.1) is 0 Å². The van der Waals surface area contributed by atoms with Gasteiger partial charge in [0.25, 0.3) is 0 Å². The second-order valence-corrected chi connectivity index (χ2v) is 2.85. The van der Waals surface area contributed by atoms with Crippen molar-refractivity contribution in [1.82, 2.24) is 0 Å². The van der Waals surface area contributed by atoms with Crippen molar-refractivity contribution in [3.05, 3.63) is 0 Å². The molecule has 0 fully saturated rings. The van der Waals surface area contributed by atoms with Crippen LogP contribution in [0.4, 0.5) is 0 Å². The maximum Gasteiger partial charge on any atom is 0.0828 e. The average molecular weight is 165 g/mol. The summed E-state index contributed by atoms with van der Waals surface area (Å²) in [6.45, 7) is 4.95. The highest BCUT2D eigenvalue weighted by Gasteiger charge is 1.91. The number of hydrogen-bond acceptors (Lipinski definition) is 3. The zero-order valence-electron chi connectivity index (χ0n) is 6.50. The fourth-order valence-corrected chi connectivity index (χ4v) is 1.11. The summed E-state index contributed by atoms with van der Waals surface area (Å²) in [7, 11) is -1.84. The molecule has 0 amide bonds. The predicted octanol–water partition coefficient (Wildman–Crippen LogP) is 1.43. The van der Waals surface area contributed by atoms with Crippen LogP contribution in [-0.2, 0) is 9.05 Å². The minimum Gasteiger partial charge on any atom is -0.786 e. The van der Waals surface area contributed by atoms with Crippen molar-refractivity contribution in [1.29, 1.82) is 0 Å². The molecule has 0 aliphatic carbocycles. The molecule has 0 aromatic rings. The summed E-state index contributed by atoms with van der Waals surface area (Å²) in [4.78, 5) is 10.7. The third kappa shape index (κ3) is 6.43. The van der Waals surface area contributed by atoms with Crippen molar-refractivity contribution in [3.8, 4) is 0 Å². The van der Waals surface area contributed by atoms with Crippen LogP contribution in [0.15, 0.2) is 0 Å². The van der Waals surface area contributed by atoms with E-state index in [-0.39, 0.29) is 0 Å². The summed E-state index contributed by atoms with van der Waals surface area (Å²) >= 11 is 0.